The molecule has 5 aromatic rings. The molecule has 0 atom stereocenters. The van der Waals surface area contributed by atoms with Gasteiger partial charge in [-0.15, -0.1) is 0 Å². The summed E-state index contributed by atoms with van der Waals surface area (Å²) in [5.41, 5.74) is 9.95. The topological polar surface area (TPSA) is 141 Å². The van der Waals surface area contributed by atoms with Crippen LogP contribution in [-0.4, -0.2) is 36.9 Å². The molecule has 1 aliphatic rings. The Kier molecular flexibility index (Phi) is 6.11. The molecule has 0 spiro atoms. The second-order valence-electron chi connectivity index (χ2n) is 9.76. The molecule has 9 nitrogen and oxygen atoms in total. The molecule has 1 fully saturated rings. The number of carboxylic acid groups (broad SMARTS) is 2. The minimum atomic E-state index is -1.19. The molecule has 1 saturated carbocycles. The molecule has 0 bridgehead atoms. The monoisotopic (exact) mass is 522 g/mol. The Morgan fingerprint density at radius 1 is 1.00 bits per heavy atom. The van der Waals surface area contributed by atoms with E-state index in [1.165, 1.54) is 12.1 Å². The third-order valence-corrected chi connectivity index (χ3v) is 7.37. The molecule has 0 radical (unpaired) electrons. The van der Waals surface area contributed by atoms with E-state index in [1.54, 1.807) is 12.3 Å². The molecular weight excluding hydrogens is 496 g/mol. The number of ether oxygens (including phenoxy) is 1. The summed E-state index contributed by atoms with van der Waals surface area (Å²) in [6.45, 7) is -0.0109. The van der Waals surface area contributed by atoms with Crippen molar-refractivity contribution < 1.29 is 24.5 Å². The van der Waals surface area contributed by atoms with Gasteiger partial charge >= 0.3 is 11.9 Å². The van der Waals surface area contributed by atoms with E-state index >= 15 is 0 Å². The number of anilines is 1. The lowest BCUT2D eigenvalue weighted by Crippen LogP contribution is -2.18. The minimum absolute atomic E-state index is 0.0109. The summed E-state index contributed by atoms with van der Waals surface area (Å²) in [6.07, 6.45) is 4.57. The average Bonchev–Trinajstić information content (AvgIpc) is 3.23. The largest absolute Gasteiger partial charge is 0.486 e. The van der Waals surface area contributed by atoms with E-state index in [0.717, 1.165) is 52.1 Å². The molecule has 2 aromatic heterocycles. The Balaban J connectivity index is 1.45. The van der Waals surface area contributed by atoms with Crippen LogP contribution in [0.2, 0.25) is 0 Å². The Bertz CT molecular complexity index is 1760. The zero-order chi connectivity index (χ0) is 27.1. The van der Waals surface area contributed by atoms with E-state index in [2.05, 4.69) is 23.2 Å². The van der Waals surface area contributed by atoms with Crippen molar-refractivity contribution in [2.45, 2.75) is 38.3 Å². The number of benzene rings is 3. The van der Waals surface area contributed by atoms with E-state index in [9.17, 15) is 19.8 Å². The van der Waals surface area contributed by atoms with Gasteiger partial charge in [-0.3, -0.25) is 9.48 Å². The van der Waals surface area contributed by atoms with Crippen LogP contribution in [0.25, 0.3) is 32.8 Å². The number of fused-ring (bicyclic) bond motifs is 2. The number of aromatic nitrogens is 3. The molecular formula is C30H26N4O5. The number of carboxylic acids is 2. The van der Waals surface area contributed by atoms with Crippen LogP contribution >= 0.6 is 0 Å². The second kappa shape index (κ2) is 9.75. The number of hydrogen-bond acceptors (Lipinski definition) is 6. The van der Waals surface area contributed by atoms with Gasteiger partial charge in [-0.1, -0.05) is 36.4 Å². The molecule has 1 aliphatic carbocycles. The summed E-state index contributed by atoms with van der Waals surface area (Å²) in [5.74, 6) is -1.74. The summed E-state index contributed by atoms with van der Waals surface area (Å²) in [6, 6.07) is 18.9. The molecule has 9 heteroatoms. The highest BCUT2D eigenvalue weighted by Crippen LogP contribution is 2.38. The van der Waals surface area contributed by atoms with Crippen molar-refractivity contribution in [2.24, 2.45) is 0 Å². The van der Waals surface area contributed by atoms with Crippen LogP contribution in [0, 0.1) is 0 Å². The number of nitrogen functional groups attached to an aromatic ring is 1. The van der Waals surface area contributed by atoms with E-state index in [4.69, 9.17) is 15.6 Å². The van der Waals surface area contributed by atoms with E-state index < -0.39 is 11.9 Å². The Hall–Kier alpha value is -4.92. The van der Waals surface area contributed by atoms with Crippen LogP contribution in [0.5, 0.6) is 5.75 Å². The van der Waals surface area contributed by atoms with Crippen molar-refractivity contribution in [3.05, 3.63) is 83.7 Å². The molecule has 6 rings (SSSR count). The molecule has 4 N–H and O–H groups in total. The first-order valence-corrected chi connectivity index (χ1v) is 12.7. The summed E-state index contributed by atoms with van der Waals surface area (Å²) in [7, 11) is 0. The van der Waals surface area contributed by atoms with Gasteiger partial charge in [0.15, 0.2) is 0 Å². The predicted molar refractivity (Wildman–Crippen MR) is 147 cm³/mol. The molecule has 0 amide bonds. The van der Waals surface area contributed by atoms with E-state index in [1.807, 2.05) is 28.9 Å². The molecule has 0 saturated heterocycles. The Morgan fingerprint density at radius 3 is 2.56 bits per heavy atom. The highest BCUT2D eigenvalue weighted by molar-refractivity contribution is 6.02. The van der Waals surface area contributed by atoms with Gasteiger partial charge < -0.3 is 20.7 Å². The lowest BCUT2D eigenvalue weighted by Gasteiger charge is -2.26. The summed E-state index contributed by atoms with van der Waals surface area (Å²) in [5, 5.41) is 26.7. The van der Waals surface area contributed by atoms with Gasteiger partial charge in [0.25, 0.3) is 0 Å². The third kappa shape index (κ3) is 4.41. The number of carbonyl (C=O) groups is 2. The molecule has 196 valence electrons. The number of pyridine rings is 1. The lowest BCUT2D eigenvalue weighted by atomic mass is 9.93. The Morgan fingerprint density at radius 2 is 1.82 bits per heavy atom. The summed E-state index contributed by atoms with van der Waals surface area (Å²) >= 11 is 0. The van der Waals surface area contributed by atoms with Gasteiger partial charge in [0.05, 0.1) is 18.0 Å². The number of rotatable bonds is 8. The maximum atomic E-state index is 11.9. The van der Waals surface area contributed by atoms with Crippen molar-refractivity contribution in [2.75, 3.05) is 5.73 Å². The zero-order valence-electron chi connectivity index (χ0n) is 21.0. The van der Waals surface area contributed by atoms with Gasteiger partial charge in [-0.2, -0.15) is 5.10 Å². The van der Waals surface area contributed by atoms with Crippen LogP contribution in [-0.2, 0) is 17.8 Å². The number of aliphatic carboxylic acids is 1. The van der Waals surface area contributed by atoms with Crippen molar-refractivity contribution in [1.29, 1.82) is 0 Å². The summed E-state index contributed by atoms with van der Waals surface area (Å²) in [4.78, 5) is 27.5. The van der Waals surface area contributed by atoms with Crippen molar-refractivity contribution in [3.63, 3.8) is 0 Å². The fourth-order valence-corrected chi connectivity index (χ4v) is 5.24. The lowest BCUT2D eigenvalue weighted by molar-refractivity contribution is -0.136. The van der Waals surface area contributed by atoms with Crippen molar-refractivity contribution in [1.82, 2.24) is 14.8 Å². The fourth-order valence-electron chi connectivity index (χ4n) is 5.24. The smallest absolute Gasteiger partial charge is 0.339 e. The van der Waals surface area contributed by atoms with Crippen LogP contribution in [0.4, 0.5) is 5.82 Å². The van der Waals surface area contributed by atoms with Crippen LogP contribution in [0.15, 0.2) is 66.9 Å². The maximum Gasteiger partial charge on any atom is 0.339 e. The first-order chi connectivity index (χ1) is 18.9. The first-order valence-electron chi connectivity index (χ1n) is 12.7. The predicted octanol–water partition coefficient (Wildman–Crippen LogP) is 5.46. The third-order valence-electron chi connectivity index (χ3n) is 7.37. The summed E-state index contributed by atoms with van der Waals surface area (Å²) < 4.78 is 8.09. The van der Waals surface area contributed by atoms with Gasteiger partial charge in [0, 0.05) is 22.5 Å². The first kappa shape index (κ1) is 24.4. The van der Waals surface area contributed by atoms with Gasteiger partial charge in [0.2, 0.25) is 0 Å². The van der Waals surface area contributed by atoms with E-state index in [0.29, 0.717) is 23.1 Å². The van der Waals surface area contributed by atoms with Gasteiger partial charge in [-0.05, 0) is 60.0 Å². The van der Waals surface area contributed by atoms with E-state index in [-0.39, 0.29) is 24.3 Å². The quantitative estimate of drug-likeness (QED) is 0.244. The fraction of sp³-hybridized carbons (Fsp3) is 0.200. The van der Waals surface area contributed by atoms with Gasteiger partial charge in [0.1, 0.15) is 29.4 Å². The molecule has 2 heterocycles. The van der Waals surface area contributed by atoms with Crippen LogP contribution in [0.1, 0.15) is 46.9 Å². The Labute approximate surface area is 223 Å². The zero-order valence-corrected chi connectivity index (χ0v) is 21.0. The second-order valence-corrected chi connectivity index (χ2v) is 9.76. The van der Waals surface area contributed by atoms with Crippen LogP contribution in [0.3, 0.4) is 0 Å². The number of nitrogens with zero attached hydrogens (tertiary/aromatic N) is 3. The van der Waals surface area contributed by atoms with Gasteiger partial charge in [-0.25, -0.2) is 9.78 Å². The number of hydrogen-bond donors (Lipinski definition) is 3. The molecule has 0 aliphatic heterocycles. The minimum Gasteiger partial charge on any atom is -0.486 e. The standard InChI is InChI=1S/C30H26N4O5/c31-29-22-8-3-7-20(21(22)12-13-32-29)17-10-11-26-24(14-17)25(33-34(26)19-5-2-6-19)16-39-28-18(15-27(35)36)4-1-9-23(28)30(37)38/h1,3-4,7-14,19H,2,5-6,15-16H2,(H2,31,32)(H,35,36)(H,37,38). The van der Waals surface area contributed by atoms with Crippen molar-refractivity contribution in [3.8, 4) is 16.9 Å². The maximum absolute atomic E-state index is 11.9. The SMILES string of the molecule is Nc1nccc2c(-c3ccc4c(c3)c(COc3c(CC(=O)O)cccc3C(=O)O)nn4C3CCC3)cccc12. The molecule has 0 unspecified atom stereocenters. The highest BCUT2D eigenvalue weighted by Gasteiger charge is 2.25. The molecule has 3 aromatic carbocycles. The number of nitrogens with two attached hydrogens (primary N) is 1. The van der Waals surface area contributed by atoms with Crippen molar-refractivity contribution >= 4 is 39.4 Å². The highest BCUT2D eigenvalue weighted by atomic mass is 16.5. The number of aromatic carboxylic acids is 1. The molecule has 39 heavy (non-hydrogen) atoms. The van der Waals surface area contributed by atoms with Crippen LogP contribution < -0.4 is 10.5 Å². The number of para-hydroxylation sites is 1. The average molecular weight is 523 g/mol. The normalized spacial score (nSPS) is 13.4.